The van der Waals surface area contributed by atoms with E-state index in [0.717, 1.165) is 18.8 Å². The van der Waals surface area contributed by atoms with E-state index in [1.807, 2.05) is 6.08 Å². The van der Waals surface area contributed by atoms with Crippen molar-refractivity contribution in [3.63, 3.8) is 0 Å². The van der Waals surface area contributed by atoms with Gasteiger partial charge in [-0.15, -0.1) is 6.58 Å². The molecule has 0 heterocycles. The van der Waals surface area contributed by atoms with Gasteiger partial charge in [-0.3, -0.25) is 4.79 Å². The second kappa shape index (κ2) is 7.25. The van der Waals surface area contributed by atoms with Crippen molar-refractivity contribution in [3.8, 4) is 0 Å². The highest BCUT2D eigenvalue weighted by Crippen LogP contribution is 2.65. The van der Waals surface area contributed by atoms with Gasteiger partial charge in [0.05, 0.1) is 0 Å². The highest BCUT2D eigenvalue weighted by molar-refractivity contribution is 5.93. The molecule has 0 bridgehead atoms. The van der Waals surface area contributed by atoms with Crippen LogP contribution >= 0.6 is 0 Å². The molecule has 1 aromatic carbocycles. The van der Waals surface area contributed by atoms with Crippen molar-refractivity contribution in [2.45, 2.75) is 57.8 Å². The Hall–Kier alpha value is -2.09. The number of carbonyl (C=O) groups excluding carboxylic acids is 1. The Morgan fingerprint density at radius 2 is 1.83 bits per heavy atom. The van der Waals surface area contributed by atoms with Crippen LogP contribution in [0.2, 0.25) is 0 Å². The van der Waals surface area contributed by atoms with Crippen LogP contribution < -0.4 is 4.90 Å². The van der Waals surface area contributed by atoms with Crippen LogP contribution in [-0.4, -0.2) is 19.9 Å². The smallest absolute Gasteiger partial charge is 0.156 e. The van der Waals surface area contributed by atoms with E-state index in [9.17, 15) is 4.79 Å². The van der Waals surface area contributed by atoms with Gasteiger partial charge in [0, 0.05) is 32.1 Å². The molecule has 0 aromatic heterocycles. The van der Waals surface area contributed by atoms with Gasteiger partial charge in [-0.05, 0) is 96.6 Å². The minimum atomic E-state index is 0.327. The zero-order valence-corrected chi connectivity index (χ0v) is 18.8. The molecule has 0 spiro atoms. The maximum absolute atomic E-state index is 12.1. The highest BCUT2D eigenvalue weighted by atomic mass is 16.1. The van der Waals surface area contributed by atoms with Gasteiger partial charge in [0.1, 0.15) is 0 Å². The number of nitrogens with zero attached hydrogens (tertiary/aromatic N) is 1. The summed E-state index contributed by atoms with van der Waals surface area (Å²) < 4.78 is 0. The lowest BCUT2D eigenvalue weighted by Crippen LogP contribution is -2.43. The minimum absolute atomic E-state index is 0.327. The van der Waals surface area contributed by atoms with Crippen LogP contribution in [0.4, 0.5) is 5.69 Å². The molecular formula is C28H35NO. The fourth-order valence-corrected chi connectivity index (χ4v) is 7.39. The number of benzene rings is 1. The summed E-state index contributed by atoms with van der Waals surface area (Å²) in [5.41, 5.74) is 7.66. The summed E-state index contributed by atoms with van der Waals surface area (Å²) in [7, 11) is 4.21. The van der Waals surface area contributed by atoms with Gasteiger partial charge in [-0.1, -0.05) is 30.7 Å². The Morgan fingerprint density at radius 1 is 1.07 bits per heavy atom. The third-order valence-corrected chi connectivity index (χ3v) is 8.90. The molecule has 2 nitrogen and oxygen atoms in total. The molecule has 0 amide bonds. The Kier molecular flexibility index (Phi) is 4.80. The molecular weight excluding hydrogens is 366 g/mol. The van der Waals surface area contributed by atoms with Gasteiger partial charge in [0.25, 0.3) is 0 Å². The SMILES string of the molecule is C=C[C@H]1CCC2C3CCC4=CC(=O)CCC4=C3[C@@H](c3ccc(N(C)C)cc3)C[C@@]21C. The van der Waals surface area contributed by atoms with E-state index in [4.69, 9.17) is 0 Å². The average Bonchev–Trinajstić information content (AvgIpc) is 3.08. The fraction of sp³-hybridized carbons (Fsp3) is 0.536. The van der Waals surface area contributed by atoms with Crippen LogP contribution in [0.3, 0.4) is 0 Å². The third-order valence-electron chi connectivity index (χ3n) is 8.90. The Morgan fingerprint density at radius 3 is 2.53 bits per heavy atom. The average molecular weight is 402 g/mol. The quantitative estimate of drug-likeness (QED) is 0.542. The van der Waals surface area contributed by atoms with Crippen molar-refractivity contribution in [3.05, 3.63) is 65.3 Å². The number of hydrogen-bond donors (Lipinski definition) is 0. The van der Waals surface area contributed by atoms with E-state index in [-0.39, 0.29) is 0 Å². The second-order valence-electron chi connectivity index (χ2n) is 10.5. The number of hydrogen-bond acceptors (Lipinski definition) is 2. The topological polar surface area (TPSA) is 20.3 Å². The van der Waals surface area contributed by atoms with Crippen molar-refractivity contribution in [1.82, 2.24) is 0 Å². The molecule has 4 aliphatic carbocycles. The molecule has 0 aliphatic heterocycles. The molecule has 5 atom stereocenters. The van der Waals surface area contributed by atoms with Crippen LogP contribution in [-0.2, 0) is 4.79 Å². The van der Waals surface area contributed by atoms with Crippen molar-refractivity contribution in [2.75, 3.05) is 19.0 Å². The number of carbonyl (C=O) groups is 1. The largest absolute Gasteiger partial charge is 0.378 e. The maximum atomic E-state index is 12.1. The molecule has 2 fully saturated rings. The van der Waals surface area contributed by atoms with Gasteiger partial charge < -0.3 is 4.90 Å². The molecule has 4 aliphatic rings. The van der Waals surface area contributed by atoms with Gasteiger partial charge >= 0.3 is 0 Å². The first-order valence-corrected chi connectivity index (χ1v) is 11.8. The summed E-state index contributed by atoms with van der Waals surface area (Å²) >= 11 is 0. The zero-order chi connectivity index (χ0) is 21.0. The molecule has 2 saturated carbocycles. The van der Waals surface area contributed by atoms with Gasteiger partial charge in [0.15, 0.2) is 5.78 Å². The Balaban J connectivity index is 1.65. The predicted octanol–water partition coefficient (Wildman–Crippen LogP) is 6.45. The first-order chi connectivity index (χ1) is 14.4. The third kappa shape index (κ3) is 2.94. The monoisotopic (exact) mass is 401 g/mol. The number of anilines is 1. The first-order valence-electron chi connectivity index (χ1n) is 11.8. The van der Waals surface area contributed by atoms with E-state index in [1.165, 1.54) is 42.5 Å². The summed E-state index contributed by atoms with van der Waals surface area (Å²) in [5, 5.41) is 0. The molecule has 0 radical (unpaired) electrons. The highest BCUT2D eigenvalue weighted by Gasteiger charge is 2.55. The number of ketones is 1. The van der Waals surface area contributed by atoms with Crippen LogP contribution in [0, 0.1) is 23.2 Å². The predicted molar refractivity (Wildman–Crippen MR) is 125 cm³/mol. The van der Waals surface area contributed by atoms with Crippen LogP contribution in [0.15, 0.2) is 59.7 Å². The van der Waals surface area contributed by atoms with E-state index >= 15 is 0 Å². The number of rotatable bonds is 3. The molecule has 158 valence electrons. The standard InChI is InChI=1S/C28H35NO/c1-5-20-9-15-26-24-13-8-19-16-22(30)12-14-23(19)27(24)25(17-28(20,26)2)18-6-10-21(11-7-18)29(3)4/h5-7,10-11,16,20,24-26H,1,8-9,12-15,17H2,2-4H3/t20-,24?,25+,26?,28+/m0/s1. The maximum Gasteiger partial charge on any atom is 0.156 e. The van der Waals surface area contributed by atoms with Crippen molar-refractivity contribution >= 4 is 11.5 Å². The second-order valence-corrected chi connectivity index (χ2v) is 10.5. The lowest BCUT2D eigenvalue weighted by Gasteiger charge is -2.52. The van der Waals surface area contributed by atoms with E-state index in [2.05, 4.69) is 62.8 Å². The van der Waals surface area contributed by atoms with Gasteiger partial charge in [-0.2, -0.15) is 0 Å². The van der Waals surface area contributed by atoms with Crippen molar-refractivity contribution in [2.24, 2.45) is 23.2 Å². The van der Waals surface area contributed by atoms with Crippen LogP contribution in [0.5, 0.6) is 0 Å². The van der Waals surface area contributed by atoms with Crippen molar-refractivity contribution < 1.29 is 4.79 Å². The summed E-state index contributed by atoms with van der Waals surface area (Å²) in [5.74, 6) is 2.86. The van der Waals surface area contributed by atoms with Crippen molar-refractivity contribution in [1.29, 1.82) is 0 Å². The molecule has 0 N–H and O–H groups in total. The van der Waals surface area contributed by atoms with Crippen LogP contribution in [0.25, 0.3) is 0 Å². The van der Waals surface area contributed by atoms with Gasteiger partial charge in [0.2, 0.25) is 0 Å². The molecule has 0 saturated heterocycles. The van der Waals surface area contributed by atoms with Crippen LogP contribution in [0.1, 0.15) is 63.4 Å². The zero-order valence-electron chi connectivity index (χ0n) is 18.8. The normalized spacial score (nSPS) is 35.3. The molecule has 1 aromatic rings. The molecule has 5 rings (SSSR count). The van der Waals surface area contributed by atoms with E-state index in [1.54, 1.807) is 11.1 Å². The van der Waals surface area contributed by atoms with E-state index in [0.29, 0.717) is 35.4 Å². The minimum Gasteiger partial charge on any atom is -0.378 e. The first kappa shape index (κ1) is 19.8. The Bertz CT molecular complexity index is 934. The summed E-state index contributed by atoms with van der Waals surface area (Å²) in [4.78, 5) is 14.3. The lowest BCUT2D eigenvalue weighted by molar-refractivity contribution is -0.114. The molecule has 30 heavy (non-hydrogen) atoms. The summed E-state index contributed by atoms with van der Waals surface area (Å²) in [6.45, 7) is 6.77. The lowest BCUT2D eigenvalue weighted by atomic mass is 9.52. The summed E-state index contributed by atoms with van der Waals surface area (Å²) in [6, 6.07) is 9.26. The summed E-state index contributed by atoms with van der Waals surface area (Å²) in [6.07, 6.45) is 12.0. The molecule has 2 unspecified atom stereocenters. The fourth-order valence-electron chi connectivity index (χ4n) is 7.39. The molecule has 2 heteroatoms. The number of allylic oxidation sites excluding steroid dienone is 5. The van der Waals surface area contributed by atoms with Gasteiger partial charge in [-0.25, -0.2) is 0 Å². The number of fused-ring (bicyclic) bond motifs is 4. The van der Waals surface area contributed by atoms with E-state index < -0.39 is 0 Å². The Labute approximate surface area is 181 Å².